The fourth-order valence-corrected chi connectivity index (χ4v) is 4.73. The lowest BCUT2D eigenvalue weighted by molar-refractivity contribution is -0.122. The number of pyridine rings is 1. The van der Waals surface area contributed by atoms with Crippen LogP contribution in [0.4, 0.5) is 5.82 Å². The van der Waals surface area contributed by atoms with Crippen LogP contribution < -0.4 is 10.5 Å². The van der Waals surface area contributed by atoms with Crippen molar-refractivity contribution in [1.82, 2.24) is 14.3 Å². The lowest BCUT2D eigenvalue weighted by atomic mass is 10.2. The van der Waals surface area contributed by atoms with Gasteiger partial charge >= 0.3 is 0 Å². The Morgan fingerprint density at radius 2 is 2.04 bits per heavy atom. The third-order valence-electron chi connectivity index (χ3n) is 4.75. The predicted molar refractivity (Wildman–Crippen MR) is 113 cm³/mol. The standard InChI is InChI=1S/C19H20N4O2S2/c1-2-8-23-18(25)14(27-19(23)26)12-13-16(21-9-5-6-10-21)20-15-7-3-4-11-22(15)17(13)24/h3-4,7,11-12H,2,5-6,8-10H2,1H3. The van der Waals surface area contributed by atoms with Crippen LogP contribution in [0.3, 0.4) is 0 Å². The van der Waals surface area contributed by atoms with E-state index in [1.165, 1.54) is 16.2 Å². The molecule has 0 spiro atoms. The van der Waals surface area contributed by atoms with Crippen molar-refractivity contribution in [2.75, 3.05) is 24.5 Å². The molecular weight excluding hydrogens is 380 g/mol. The van der Waals surface area contributed by atoms with E-state index in [0.717, 1.165) is 32.4 Å². The summed E-state index contributed by atoms with van der Waals surface area (Å²) in [6, 6.07) is 5.49. The van der Waals surface area contributed by atoms with E-state index in [-0.39, 0.29) is 11.5 Å². The molecule has 1 amide bonds. The topological polar surface area (TPSA) is 57.9 Å². The van der Waals surface area contributed by atoms with Crippen LogP contribution in [0.5, 0.6) is 0 Å². The van der Waals surface area contributed by atoms with Crippen molar-refractivity contribution in [3.8, 4) is 0 Å². The number of hydrogen-bond donors (Lipinski definition) is 0. The largest absolute Gasteiger partial charge is 0.356 e. The summed E-state index contributed by atoms with van der Waals surface area (Å²) in [6.45, 7) is 4.34. The monoisotopic (exact) mass is 400 g/mol. The smallest absolute Gasteiger partial charge is 0.267 e. The summed E-state index contributed by atoms with van der Waals surface area (Å²) in [5, 5.41) is 0. The number of rotatable bonds is 4. The molecule has 0 aromatic carbocycles. The summed E-state index contributed by atoms with van der Waals surface area (Å²) in [5.74, 6) is 0.529. The molecule has 140 valence electrons. The Hall–Kier alpha value is -2.19. The number of amides is 1. The van der Waals surface area contributed by atoms with Gasteiger partial charge in [-0.2, -0.15) is 0 Å². The van der Waals surface area contributed by atoms with E-state index in [0.29, 0.717) is 32.8 Å². The van der Waals surface area contributed by atoms with Crippen molar-refractivity contribution in [2.45, 2.75) is 26.2 Å². The van der Waals surface area contributed by atoms with Gasteiger partial charge in [-0.25, -0.2) is 4.98 Å². The van der Waals surface area contributed by atoms with Crippen LogP contribution in [0.15, 0.2) is 34.1 Å². The summed E-state index contributed by atoms with van der Waals surface area (Å²) in [5.41, 5.74) is 0.904. The van der Waals surface area contributed by atoms with Crippen molar-refractivity contribution < 1.29 is 4.79 Å². The van der Waals surface area contributed by atoms with E-state index < -0.39 is 0 Å². The lowest BCUT2D eigenvalue weighted by Crippen LogP contribution is -2.29. The molecule has 2 aromatic rings. The van der Waals surface area contributed by atoms with E-state index >= 15 is 0 Å². The first-order valence-corrected chi connectivity index (χ1v) is 10.3. The highest BCUT2D eigenvalue weighted by molar-refractivity contribution is 8.26. The number of aromatic nitrogens is 2. The van der Waals surface area contributed by atoms with Crippen LogP contribution in [0, 0.1) is 0 Å². The maximum Gasteiger partial charge on any atom is 0.267 e. The molecule has 2 aromatic heterocycles. The number of carbonyl (C=O) groups excluding carboxylic acids is 1. The normalized spacial score (nSPS) is 19.1. The van der Waals surface area contributed by atoms with Crippen molar-refractivity contribution in [3.63, 3.8) is 0 Å². The number of thiocarbonyl (C=S) groups is 1. The van der Waals surface area contributed by atoms with Crippen molar-refractivity contribution in [3.05, 3.63) is 45.2 Å². The maximum absolute atomic E-state index is 13.2. The average molecular weight is 401 g/mol. The second-order valence-electron chi connectivity index (χ2n) is 6.61. The van der Waals surface area contributed by atoms with Crippen LogP contribution in [-0.4, -0.2) is 44.1 Å². The molecule has 2 fully saturated rings. The second kappa shape index (κ2) is 7.44. The van der Waals surface area contributed by atoms with Gasteiger partial charge in [0, 0.05) is 25.8 Å². The molecular formula is C19H20N4O2S2. The maximum atomic E-state index is 13.2. The van der Waals surface area contributed by atoms with Crippen molar-refractivity contribution in [2.24, 2.45) is 0 Å². The Morgan fingerprint density at radius 3 is 2.78 bits per heavy atom. The molecule has 0 radical (unpaired) electrons. The minimum atomic E-state index is -0.164. The van der Waals surface area contributed by atoms with Crippen LogP contribution >= 0.6 is 24.0 Å². The minimum absolute atomic E-state index is 0.128. The average Bonchev–Trinajstić information content (AvgIpc) is 3.29. The Labute approximate surface area is 166 Å². The number of anilines is 1. The number of carbonyl (C=O) groups is 1. The highest BCUT2D eigenvalue weighted by Crippen LogP contribution is 2.33. The van der Waals surface area contributed by atoms with Crippen LogP contribution in [0.2, 0.25) is 0 Å². The predicted octanol–water partition coefficient (Wildman–Crippen LogP) is 2.91. The van der Waals surface area contributed by atoms with Gasteiger partial charge in [0.1, 0.15) is 15.8 Å². The zero-order valence-corrected chi connectivity index (χ0v) is 16.7. The Balaban J connectivity index is 1.86. The molecule has 2 saturated heterocycles. The molecule has 8 heteroatoms. The highest BCUT2D eigenvalue weighted by atomic mass is 32.2. The quantitative estimate of drug-likeness (QED) is 0.581. The molecule has 4 heterocycles. The van der Waals surface area contributed by atoms with E-state index in [1.54, 1.807) is 23.2 Å². The molecule has 0 atom stereocenters. The van der Waals surface area contributed by atoms with Crippen LogP contribution in [0.25, 0.3) is 11.7 Å². The third-order valence-corrected chi connectivity index (χ3v) is 6.13. The van der Waals surface area contributed by atoms with Gasteiger partial charge in [0.2, 0.25) is 0 Å². The third kappa shape index (κ3) is 3.27. The summed E-state index contributed by atoms with van der Waals surface area (Å²) >= 11 is 6.60. The van der Waals surface area contributed by atoms with Crippen molar-refractivity contribution in [1.29, 1.82) is 0 Å². The van der Waals surface area contributed by atoms with Gasteiger partial charge in [0.05, 0.1) is 10.5 Å². The van der Waals surface area contributed by atoms with E-state index in [1.807, 2.05) is 19.1 Å². The fraction of sp³-hybridized carbons (Fsp3) is 0.368. The summed E-state index contributed by atoms with van der Waals surface area (Å²) in [6.07, 6.45) is 6.37. The first kappa shape index (κ1) is 18.2. The van der Waals surface area contributed by atoms with Gasteiger partial charge in [0.25, 0.3) is 11.5 Å². The SMILES string of the molecule is CCCN1C(=O)C(=Cc2c(N3CCCC3)nc3ccccn3c2=O)SC1=S. The summed E-state index contributed by atoms with van der Waals surface area (Å²) in [7, 11) is 0. The molecule has 2 aliphatic rings. The zero-order valence-electron chi connectivity index (χ0n) is 15.1. The summed E-state index contributed by atoms with van der Waals surface area (Å²) < 4.78 is 2.07. The van der Waals surface area contributed by atoms with Gasteiger partial charge in [0.15, 0.2) is 0 Å². The Bertz CT molecular complexity index is 1010. The molecule has 0 unspecified atom stereocenters. The molecule has 4 rings (SSSR count). The van der Waals surface area contributed by atoms with Gasteiger partial charge in [-0.15, -0.1) is 0 Å². The molecule has 27 heavy (non-hydrogen) atoms. The van der Waals surface area contributed by atoms with Gasteiger partial charge in [-0.05, 0) is 37.5 Å². The molecule has 0 N–H and O–H groups in total. The van der Waals surface area contributed by atoms with Gasteiger partial charge in [-0.1, -0.05) is 37.0 Å². The second-order valence-corrected chi connectivity index (χ2v) is 8.29. The number of hydrogen-bond acceptors (Lipinski definition) is 6. The molecule has 2 aliphatic heterocycles. The molecule has 6 nitrogen and oxygen atoms in total. The van der Waals surface area contributed by atoms with Crippen LogP contribution in [-0.2, 0) is 4.79 Å². The van der Waals surface area contributed by atoms with Crippen molar-refractivity contribution >= 4 is 51.7 Å². The van der Waals surface area contributed by atoms with Gasteiger partial charge in [-0.3, -0.25) is 18.9 Å². The fourth-order valence-electron chi connectivity index (χ4n) is 3.43. The van der Waals surface area contributed by atoms with Gasteiger partial charge < -0.3 is 4.90 Å². The van der Waals surface area contributed by atoms with E-state index in [9.17, 15) is 9.59 Å². The van der Waals surface area contributed by atoms with Crippen LogP contribution in [0.1, 0.15) is 31.7 Å². The number of thioether (sulfide) groups is 1. The number of fused-ring (bicyclic) bond motifs is 1. The minimum Gasteiger partial charge on any atom is -0.356 e. The number of nitrogens with zero attached hydrogens (tertiary/aromatic N) is 4. The first-order chi connectivity index (χ1) is 13.1. The lowest BCUT2D eigenvalue weighted by Gasteiger charge is -2.19. The molecule has 0 aliphatic carbocycles. The Kier molecular flexibility index (Phi) is 5.01. The Morgan fingerprint density at radius 1 is 1.26 bits per heavy atom. The highest BCUT2D eigenvalue weighted by Gasteiger charge is 2.32. The zero-order chi connectivity index (χ0) is 19.0. The van der Waals surface area contributed by atoms with E-state index in [2.05, 4.69) is 4.90 Å². The molecule has 0 bridgehead atoms. The first-order valence-electron chi connectivity index (χ1n) is 9.12. The van der Waals surface area contributed by atoms with E-state index in [4.69, 9.17) is 17.2 Å². The summed E-state index contributed by atoms with van der Waals surface area (Å²) in [4.78, 5) is 34.9. The molecule has 0 saturated carbocycles.